The van der Waals surface area contributed by atoms with Crippen LogP contribution in [0.4, 0.5) is 0 Å². The minimum atomic E-state index is -0.467. The second-order valence-electron chi connectivity index (χ2n) is 4.34. The molecule has 1 atom stereocenters. The van der Waals surface area contributed by atoms with Crippen LogP contribution >= 0.6 is 0 Å². The number of carbonyl (C=O) groups is 1. The SMILES string of the molecule is CC/C=C(C)\C(=C\C1C=C(C)N=CC1)C(=O)C#N. The Morgan fingerprint density at radius 1 is 1.67 bits per heavy atom. The Kier molecular flexibility index (Phi) is 5.26. The molecule has 0 fully saturated rings. The fourth-order valence-electron chi connectivity index (χ4n) is 1.93. The van der Waals surface area contributed by atoms with Crippen LogP contribution in [0.25, 0.3) is 0 Å². The van der Waals surface area contributed by atoms with Crippen molar-refractivity contribution in [1.82, 2.24) is 0 Å². The number of nitriles is 1. The molecule has 1 heterocycles. The van der Waals surface area contributed by atoms with Gasteiger partial charge in [-0.2, -0.15) is 5.26 Å². The van der Waals surface area contributed by atoms with Gasteiger partial charge in [0, 0.05) is 23.4 Å². The number of hydrogen-bond acceptors (Lipinski definition) is 3. The van der Waals surface area contributed by atoms with Crippen LogP contribution < -0.4 is 0 Å². The largest absolute Gasteiger partial charge is 0.277 e. The molecule has 0 N–H and O–H groups in total. The highest BCUT2D eigenvalue weighted by atomic mass is 16.1. The Bertz CT molecular complexity index is 487. The number of aliphatic imine (C=N–C) groups is 1. The maximum Gasteiger partial charge on any atom is 0.262 e. The van der Waals surface area contributed by atoms with E-state index in [0.717, 1.165) is 24.1 Å². The zero-order chi connectivity index (χ0) is 13.5. The minimum absolute atomic E-state index is 0.148. The predicted octanol–water partition coefficient (Wildman–Crippen LogP) is 3.36. The lowest BCUT2D eigenvalue weighted by atomic mass is 9.94. The maximum atomic E-state index is 11.7. The third-order valence-electron chi connectivity index (χ3n) is 2.79. The summed E-state index contributed by atoms with van der Waals surface area (Å²) in [7, 11) is 0. The third kappa shape index (κ3) is 3.81. The van der Waals surface area contributed by atoms with E-state index in [1.54, 1.807) is 6.07 Å². The summed E-state index contributed by atoms with van der Waals surface area (Å²) >= 11 is 0. The molecule has 18 heavy (non-hydrogen) atoms. The van der Waals surface area contributed by atoms with Crippen molar-refractivity contribution in [3.63, 3.8) is 0 Å². The highest BCUT2D eigenvalue weighted by Gasteiger charge is 2.14. The van der Waals surface area contributed by atoms with Gasteiger partial charge in [-0.25, -0.2) is 0 Å². The summed E-state index contributed by atoms with van der Waals surface area (Å²) < 4.78 is 0. The summed E-state index contributed by atoms with van der Waals surface area (Å²) in [6, 6.07) is 1.70. The van der Waals surface area contributed by atoms with Crippen LogP contribution in [0.3, 0.4) is 0 Å². The normalized spacial score (nSPS) is 20.3. The van der Waals surface area contributed by atoms with Gasteiger partial charge in [-0.3, -0.25) is 9.79 Å². The first-order chi connectivity index (χ1) is 8.58. The van der Waals surface area contributed by atoms with Crippen molar-refractivity contribution < 1.29 is 4.79 Å². The molecule has 0 aliphatic carbocycles. The number of allylic oxidation sites excluding steroid dienone is 6. The van der Waals surface area contributed by atoms with Crippen molar-refractivity contribution in [2.45, 2.75) is 33.6 Å². The van der Waals surface area contributed by atoms with Crippen LogP contribution in [0.1, 0.15) is 33.6 Å². The van der Waals surface area contributed by atoms with Crippen molar-refractivity contribution in [3.8, 4) is 6.07 Å². The van der Waals surface area contributed by atoms with Gasteiger partial charge in [-0.05, 0) is 32.3 Å². The average Bonchev–Trinajstić information content (AvgIpc) is 2.35. The van der Waals surface area contributed by atoms with Gasteiger partial charge in [0.15, 0.2) is 0 Å². The molecule has 3 nitrogen and oxygen atoms in total. The lowest BCUT2D eigenvalue weighted by molar-refractivity contribution is -0.110. The number of rotatable bonds is 4. The predicted molar refractivity (Wildman–Crippen MR) is 73.1 cm³/mol. The highest BCUT2D eigenvalue weighted by Crippen LogP contribution is 2.20. The van der Waals surface area contributed by atoms with E-state index in [9.17, 15) is 4.79 Å². The quantitative estimate of drug-likeness (QED) is 0.431. The Balaban J connectivity index is 3.05. The van der Waals surface area contributed by atoms with Crippen LogP contribution in [0.5, 0.6) is 0 Å². The molecule has 1 rings (SSSR count). The second kappa shape index (κ2) is 6.70. The molecule has 0 spiro atoms. The van der Waals surface area contributed by atoms with Gasteiger partial charge in [-0.15, -0.1) is 0 Å². The molecule has 1 unspecified atom stereocenters. The summed E-state index contributed by atoms with van der Waals surface area (Å²) in [4.78, 5) is 15.8. The van der Waals surface area contributed by atoms with Gasteiger partial charge in [-0.1, -0.05) is 25.2 Å². The molecule has 0 saturated heterocycles. The fourth-order valence-corrected chi connectivity index (χ4v) is 1.93. The van der Waals surface area contributed by atoms with E-state index >= 15 is 0 Å². The lowest BCUT2D eigenvalue weighted by Crippen LogP contribution is -2.06. The van der Waals surface area contributed by atoms with Gasteiger partial charge in [0.05, 0.1) is 0 Å². The van der Waals surface area contributed by atoms with Gasteiger partial charge in [0.2, 0.25) is 0 Å². The molecule has 3 heteroatoms. The molecule has 0 saturated carbocycles. The fraction of sp³-hybridized carbons (Fsp3) is 0.400. The molecule has 0 bridgehead atoms. The first-order valence-corrected chi connectivity index (χ1v) is 6.12. The Morgan fingerprint density at radius 2 is 2.39 bits per heavy atom. The van der Waals surface area contributed by atoms with Gasteiger partial charge >= 0.3 is 0 Å². The standard InChI is InChI=1S/C15H18N2O/c1-4-5-11(2)14(15(18)10-16)9-13-6-7-17-12(3)8-13/h5,7-9,13H,4,6H2,1-3H3/b11-5-,14-9-. The average molecular weight is 242 g/mol. The van der Waals surface area contributed by atoms with Crippen molar-refractivity contribution in [2.75, 3.05) is 0 Å². The van der Waals surface area contributed by atoms with Crippen molar-refractivity contribution in [3.05, 3.63) is 35.1 Å². The smallest absolute Gasteiger partial charge is 0.262 e. The van der Waals surface area contributed by atoms with Gasteiger partial charge in [0.25, 0.3) is 5.78 Å². The molecule has 0 amide bonds. The Labute approximate surface area is 108 Å². The molecule has 0 aromatic carbocycles. The molecular formula is C15H18N2O. The summed E-state index contributed by atoms with van der Waals surface area (Å²) in [5.74, 6) is -0.319. The molecule has 0 aromatic heterocycles. The Hall–Kier alpha value is -1.95. The van der Waals surface area contributed by atoms with Gasteiger partial charge < -0.3 is 0 Å². The maximum absolute atomic E-state index is 11.7. The molecule has 0 aromatic rings. The monoisotopic (exact) mass is 242 g/mol. The van der Waals surface area contributed by atoms with Crippen molar-refractivity contribution in [2.24, 2.45) is 10.9 Å². The number of carbonyl (C=O) groups excluding carboxylic acids is 1. The topological polar surface area (TPSA) is 53.2 Å². The summed E-state index contributed by atoms with van der Waals surface area (Å²) in [6.07, 6.45) is 9.34. The van der Waals surface area contributed by atoms with Crippen LogP contribution in [-0.4, -0.2) is 12.0 Å². The van der Waals surface area contributed by atoms with E-state index < -0.39 is 5.78 Å². The summed E-state index contributed by atoms with van der Waals surface area (Å²) in [5, 5.41) is 8.79. The van der Waals surface area contributed by atoms with E-state index in [2.05, 4.69) is 4.99 Å². The van der Waals surface area contributed by atoms with E-state index in [1.165, 1.54) is 0 Å². The van der Waals surface area contributed by atoms with Crippen LogP contribution in [0.2, 0.25) is 0 Å². The zero-order valence-corrected chi connectivity index (χ0v) is 11.1. The highest BCUT2D eigenvalue weighted by molar-refractivity contribution is 6.10. The minimum Gasteiger partial charge on any atom is -0.277 e. The zero-order valence-electron chi connectivity index (χ0n) is 11.1. The number of Topliss-reactive ketones (excluding diaryl/α,β-unsaturated/α-hetero) is 1. The molecular weight excluding hydrogens is 224 g/mol. The summed E-state index contributed by atoms with van der Waals surface area (Å²) in [5.41, 5.74) is 2.34. The number of hydrogen-bond donors (Lipinski definition) is 0. The lowest BCUT2D eigenvalue weighted by Gasteiger charge is -2.12. The molecule has 1 aliphatic rings. The van der Waals surface area contributed by atoms with Crippen LogP contribution in [0, 0.1) is 17.2 Å². The van der Waals surface area contributed by atoms with E-state index in [4.69, 9.17) is 5.26 Å². The summed E-state index contributed by atoms with van der Waals surface area (Å²) in [6.45, 7) is 5.81. The third-order valence-corrected chi connectivity index (χ3v) is 2.79. The second-order valence-corrected chi connectivity index (χ2v) is 4.34. The molecule has 94 valence electrons. The first kappa shape index (κ1) is 14.1. The van der Waals surface area contributed by atoms with E-state index in [1.807, 2.05) is 45.2 Å². The van der Waals surface area contributed by atoms with E-state index in [-0.39, 0.29) is 5.92 Å². The van der Waals surface area contributed by atoms with Crippen LogP contribution in [0.15, 0.2) is 40.1 Å². The van der Waals surface area contributed by atoms with Crippen molar-refractivity contribution in [1.29, 1.82) is 5.26 Å². The van der Waals surface area contributed by atoms with E-state index in [0.29, 0.717) is 5.57 Å². The molecule has 0 radical (unpaired) electrons. The Morgan fingerprint density at radius 3 is 2.94 bits per heavy atom. The number of ketones is 1. The first-order valence-electron chi connectivity index (χ1n) is 6.12. The molecule has 1 aliphatic heterocycles. The van der Waals surface area contributed by atoms with Crippen molar-refractivity contribution >= 4 is 12.0 Å². The number of nitrogens with zero attached hydrogens (tertiary/aromatic N) is 2. The van der Waals surface area contributed by atoms with Crippen LogP contribution in [-0.2, 0) is 4.79 Å². The van der Waals surface area contributed by atoms with Gasteiger partial charge in [0.1, 0.15) is 6.07 Å².